The first-order chi connectivity index (χ1) is 8.72. The standard InChI is InChI=1S/C14H23N3S/c1-10-5-6-17(11(2)7-10)14-16-9-13(18-14)8-15-12-3-4-12/h9-12,15H,3-8H2,1-2H3. The van der Waals surface area contributed by atoms with E-state index in [9.17, 15) is 0 Å². The van der Waals surface area contributed by atoms with Gasteiger partial charge in [0.05, 0.1) is 0 Å². The quantitative estimate of drug-likeness (QED) is 0.907. The minimum atomic E-state index is 0.643. The summed E-state index contributed by atoms with van der Waals surface area (Å²) in [6, 6.07) is 1.43. The van der Waals surface area contributed by atoms with Crippen LogP contribution in [0.15, 0.2) is 6.20 Å². The number of nitrogens with zero attached hydrogens (tertiary/aromatic N) is 2. The fourth-order valence-corrected chi connectivity index (χ4v) is 3.72. The van der Waals surface area contributed by atoms with E-state index in [4.69, 9.17) is 0 Å². The number of thiazole rings is 1. The summed E-state index contributed by atoms with van der Waals surface area (Å²) in [4.78, 5) is 8.49. The fraction of sp³-hybridized carbons (Fsp3) is 0.786. The summed E-state index contributed by atoms with van der Waals surface area (Å²) in [6.45, 7) is 6.87. The van der Waals surface area contributed by atoms with E-state index >= 15 is 0 Å². The van der Waals surface area contributed by atoms with E-state index in [2.05, 4.69) is 35.2 Å². The lowest BCUT2D eigenvalue weighted by atomic mass is 9.94. The van der Waals surface area contributed by atoms with Gasteiger partial charge in [0, 0.05) is 36.2 Å². The first kappa shape index (κ1) is 12.4. The largest absolute Gasteiger partial charge is 0.345 e. The van der Waals surface area contributed by atoms with Crippen LogP contribution >= 0.6 is 11.3 Å². The SMILES string of the molecule is CC1CCN(c2ncc(CNC3CC3)s2)C(C)C1. The van der Waals surface area contributed by atoms with E-state index in [1.807, 2.05) is 11.3 Å². The van der Waals surface area contributed by atoms with Gasteiger partial charge in [-0.15, -0.1) is 11.3 Å². The van der Waals surface area contributed by atoms with Gasteiger partial charge in [-0.25, -0.2) is 4.98 Å². The van der Waals surface area contributed by atoms with Crippen LogP contribution in [0.5, 0.6) is 0 Å². The number of hydrogen-bond donors (Lipinski definition) is 1. The Morgan fingerprint density at radius 1 is 1.39 bits per heavy atom. The molecule has 18 heavy (non-hydrogen) atoms. The molecule has 2 unspecified atom stereocenters. The molecule has 0 spiro atoms. The molecular weight excluding hydrogens is 242 g/mol. The zero-order valence-corrected chi connectivity index (χ0v) is 12.2. The van der Waals surface area contributed by atoms with Crippen molar-refractivity contribution in [1.82, 2.24) is 10.3 Å². The van der Waals surface area contributed by atoms with Crippen molar-refractivity contribution in [3.8, 4) is 0 Å². The molecule has 0 radical (unpaired) electrons. The molecule has 2 heterocycles. The third kappa shape index (κ3) is 2.86. The minimum Gasteiger partial charge on any atom is -0.345 e. The second kappa shape index (κ2) is 5.17. The third-order valence-electron chi connectivity index (χ3n) is 4.07. The molecule has 0 aromatic carbocycles. The topological polar surface area (TPSA) is 28.2 Å². The molecule has 0 bridgehead atoms. The van der Waals surface area contributed by atoms with E-state index in [-0.39, 0.29) is 0 Å². The molecule has 3 nitrogen and oxygen atoms in total. The second-order valence-corrected chi connectivity index (χ2v) is 7.03. The first-order valence-corrected chi connectivity index (χ1v) is 7.98. The van der Waals surface area contributed by atoms with Crippen LogP contribution < -0.4 is 10.2 Å². The molecule has 2 atom stereocenters. The van der Waals surface area contributed by atoms with Crippen LogP contribution in [-0.4, -0.2) is 23.6 Å². The Labute approximate surface area is 114 Å². The maximum absolute atomic E-state index is 4.62. The first-order valence-electron chi connectivity index (χ1n) is 7.17. The fourth-order valence-electron chi connectivity index (χ4n) is 2.74. The molecule has 1 aromatic heterocycles. The van der Waals surface area contributed by atoms with Gasteiger partial charge in [-0.1, -0.05) is 6.92 Å². The molecule has 100 valence electrons. The van der Waals surface area contributed by atoms with Gasteiger partial charge in [-0.3, -0.25) is 0 Å². The molecule has 1 aliphatic heterocycles. The van der Waals surface area contributed by atoms with Gasteiger partial charge < -0.3 is 10.2 Å². The molecule has 1 aliphatic carbocycles. The van der Waals surface area contributed by atoms with Crippen molar-refractivity contribution in [3.63, 3.8) is 0 Å². The van der Waals surface area contributed by atoms with E-state index in [1.54, 1.807) is 0 Å². The number of aromatic nitrogens is 1. The van der Waals surface area contributed by atoms with Crippen molar-refractivity contribution in [2.75, 3.05) is 11.4 Å². The van der Waals surface area contributed by atoms with Crippen LogP contribution in [0.25, 0.3) is 0 Å². The van der Waals surface area contributed by atoms with Gasteiger partial charge >= 0.3 is 0 Å². The molecular formula is C14H23N3S. The van der Waals surface area contributed by atoms with Crippen LogP contribution in [0, 0.1) is 5.92 Å². The van der Waals surface area contributed by atoms with Gasteiger partial charge in [-0.2, -0.15) is 0 Å². The van der Waals surface area contributed by atoms with Crippen molar-refractivity contribution >= 4 is 16.5 Å². The Morgan fingerprint density at radius 2 is 2.22 bits per heavy atom. The van der Waals surface area contributed by atoms with E-state index in [1.165, 1.54) is 42.2 Å². The Bertz CT molecular complexity index is 399. The molecule has 1 N–H and O–H groups in total. The summed E-state index contributed by atoms with van der Waals surface area (Å²) in [5, 5.41) is 4.78. The van der Waals surface area contributed by atoms with Crippen molar-refractivity contribution in [1.29, 1.82) is 0 Å². The zero-order valence-electron chi connectivity index (χ0n) is 11.4. The zero-order chi connectivity index (χ0) is 12.5. The average Bonchev–Trinajstić information content (AvgIpc) is 3.05. The number of nitrogens with one attached hydrogen (secondary N) is 1. The predicted octanol–water partition coefficient (Wildman–Crippen LogP) is 3.02. The normalized spacial score (nSPS) is 28.7. The Morgan fingerprint density at radius 3 is 2.94 bits per heavy atom. The summed E-state index contributed by atoms with van der Waals surface area (Å²) < 4.78 is 0. The Balaban J connectivity index is 1.60. The maximum Gasteiger partial charge on any atom is 0.185 e. The molecule has 1 saturated heterocycles. The van der Waals surface area contributed by atoms with Gasteiger partial charge in [-0.05, 0) is 38.5 Å². The highest BCUT2D eigenvalue weighted by atomic mass is 32.1. The molecule has 1 saturated carbocycles. The van der Waals surface area contributed by atoms with Crippen molar-refractivity contribution < 1.29 is 0 Å². The van der Waals surface area contributed by atoms with Gasteiger partial charge in [0.2, 0.25) is 0 Å². The Kier molecular flexibility index (Phi) is 3.57. The predicted molar refractivity (Wildman–Crippen MR) is 77.2 cm³/mol. The second-order valence-electron chi connectivity index (χ2n) is 5.94. The highest BCUT2D eigenvalue weighted by molar-refractivity contribution is 7.15. The van der Waals surface area contributed by atoms with Gasteiger partial charge in [0.15, 0.2) is 5.13 Å². The van der Waals surface area contributed by atoms with Gasteiger partial charge in [0.25, 0.3) is 0 Å². The monoisotopic (exact) mass is 265 g/mol. The molecule has 1 aromatic rings. The van der Waals surface area contributed by atoms with Crippen molar-refractivity contribution in [2.45, 2.75) is 58.2 Å². The lowest BCUT2D eigenvalue weighted by Crippen LogP contribution is -2.40. The number of anilines is 1. The summed E-state index contributed by atoms with van der Waals surface area (Å²) >= 11 is 1.87. The highest BCUT2D eigenvalue weighted by Crippen LogP contribution is 2.31. The van der Waals surface area contributed by atoms with Crippen molar-refractivity contribution in [2.24, 2.45) is 5.92 Å². The average molecular weight is 265 g/mol. The highest BCUT2D eigenvalue weighted by Gasteiger charge is 2.25. The van der Waals surface area contributed by atoms with Gasteiger partial charge in [0.1, 0.15) is 0 Å². The number of piperidine rings is 1. The van der Waals surface area contributed by atoms with Crippen LogP contribution in [-0.2, 0) is 6.54 Å². The lowest BCUT2D eigenvalue weighted by molar-refractivity contribution is 0.377. The molecule has 2 aliphatic rings. The number of hydrogen-bond acceptors (Lipinski definition) is 4. The van der Waals surface area contributed by atoms with E-state index < -0.39 is 0 Å². The maximum atomic E-state index is 4.62. The van der Waals surface area contributed by atoms with Crippen molar-refractivity contribution in [3.05, 3.63) is 11.1 Å². The summed E-state index contributed by atoms with van der Waals surface area (Å²) in [6.07, 6.45) is 7.37. The summed E-state index contributed by atoms with van der Waals surface area (Å²) in [5.74, 6) is 0.868. The van der Waals surface area contributed by atoms with Crippen LogP contribution in [0.2, 0.25) is 0 Å². The lowest BCUT2D eigenvalue weighted by Gasteiger charge is -2.36. The van der Waals surface area contributed by atoms with Crippen LogP contribution in [0.3, 0.4) is 0 Å². The summed E-state index contributed by atoms with van der Waals surface area (Å²) in [7, 11) is 0. The molecule has 2 fully saturated rings. The number of rotatable bonds is 4. The van der Waals surface area contributed by atoms with Crippen LogP contribution in [0.4, 0.5) is 5.13 Å². The molecule has 3 rings (SSSR count). The molecule has 4 heteroatoms. The van der Waals surface area contributed by atoms with E-state index in [0.29, 0.717) is 6.04 Å². The minimum absolute atomic E-state index is 0.643. The smallest absolute Gasteiger partial charge is 0.185 e. The summed E-state index contributed by atoms with van der Waals surface area (Å²) in [5.41, 5.74) is 0. The molecule has 0 amide bonds. The third-order valence-corrected chi connectivity index (χ3v) is 5.10. The Hall–Kier alpha value is -0.610. The van der Waals surface area contributed by atoms with E-state index in [0.717, 1.165) is 18.5 Å². The van der Waals surface area contributed by atoms with Crippen LogP contribution in [0.1, 0.15) is 44.4 Å².